The average molecular weight is 422 g/mol. The van der Waals surface area contributed by atoms with Gasteiger partial charge in [0, 0.05) is 3.57 Å². The number of hydrogen-bond donors (Lipinski definition) is 1. The summed E-state index contributed by atoms with van der Waals surface area (Å²) in [6.45, 7) is 4.42. The summed E-state index contributed by atoms with van der Waals surface area (Å²) in [4.78, 5) is -0.694. The molecule has 0 aliphatic rings. The van der Waals surface area contributed by atoms with Crippen LogP contribution >= 0.6 is 22.6 Å². The van der Waals surface area contributed by atoms with Crippen LogP contribution in [0, 0.1) is 9.39 Å². The summed E-state index contributed by atoms with van der Waals surface area (Å²) in [6, 6.07) is 13.3. The Labute approximate surface area is 138 Å². The summed E-state index contributed by atoms with van der Waals surface area (Å²) in [6.07, 6.45) is 0. The normalized spacial score (nSPS) is 11.0. The summed E-state index contributed by atoms with van der Waals surface area (Å²) in [5.74, 6) is -0.299. The highest BCUT2D eigenvalue weighted by atomic mass is 127. The molecule has 0 aliphatic carbocycles. The summed E-state index contributed by atoms with van der Waals surface area (Å²) in [7, 11) is -4.41. The van der Waals surface area contributed by atoms with Crippen LogP contribution in [0.3, 0.4) is 0 Å². The fraction of sp³-hybridized carbons (Fsp3) is 0.200. The van der Waals surface area contributed by atoms with E-state index >= 15 is 0 Å². The molecule has 0 saturated heterocycles. The lowest BCUT2D eigenvalue weighted by Gasteiger charge is -2.03. The zero-order chi connectivity index (χ0) is 16.0. The summed E-state index contributed by atoms with van der Waals surface area (Å²) < 4.78 is 43.0. The van der Waals surface area contributed by atoms with Crippen molar-refractivity contribution in [1.29, 1.82) is 0 Å². The van der Waals surface area contributed by atoms with Crippen LogP contribution in [0.1, 0.15) is 25.3 Å². The molecule has 0 unspecified atom stereocenters. The van der Waals surface area contributed by atoms with E-state index in [0.29, 0.717) is 5.92 Å². The minimum absolute atomic E-state index is 0.650. The second kappa shape index (κ2) is 7.86. The number of halogens is 2. The maximum absolute atomic E-state index is 12.5. The largest absolute Gasteiger partial charge is 0.297 e. The van der Waals surface area contributed by atoms with Crippen LogP contribution in [0.5, 0.6) is 0 Å². The van der Waals surface area contributed by atoms with Crippen LogP contribution in [0.4, 0.5) is 4.39 Å². The monoisotopic (exact) mass is 422 g/mol. The first-order valence-corrected chi connectivity index (χ1v) is 8.71. The maximum Gasteiger partial charge on any atom is 0.297 e. The average Bonchev–Trinajstić information content (AvgIpc) is 2.39. The minimum atomic E-state index is -4.41. The highest BCUT2D eigenvalue weighted by Crippen LogP contribution is 2.15. The molecule has 0 amide bonds. The summed E-state index contributed by atoms with van der Waals surface area (Å²) in [5.41, 5.74) is 1.42. The molecule has 1 N–H and O–H groups in total. The van der Waals surface area contributed by atoms with Crippen molar-refractivity contribution in [2.45, 2.75) is 24.7 Å². The van der Waals surface area contributed by atoms with Gasteiger partial charge >= 0.3 is 0 Å². The van der Waals surface area contributed by atoms with Crippen molar-refractivity contribution in [2.24, 2.45) is 0 Å². The third-order valence-electron chi connectivity index (χ3n) is 2.65. The lowest BCUT2D eigenvalue weighted by molar-refractivity contribution is 0.473. The Hall–Kier alpha value is -0.990. The zero-order valence-electron chi connectivity index (χ0n) is 11.6. The molecule has 0 aliphatic heterocycles. The van der Waals surface area contributed by atoms with E-state index in [4.69, 9.17) is 4.55 Å². The van der Waals surface area contributed by atoms with Crippen molar-refractivity contribution in [2.75, 3.05) is 0 Å². The number of rotatable bonds is 2. The van der Waals surface area contributed by atoms with Crippen LogP contribution in [-0.4, -0.2) is 13.0 Å². The molecule has 2 rings (SSSR count). The van der Waals surface area contributed by atoms with Crippen molar-refractivity contribution in [3.05, 3.63) is 63.5 Å². The topological polar surface area (TPSA) is 54.4 Å². The Bertz CT molecular complexity index is 682. The van der Waals surface area contributed by atoms with Crippen molar-refractivity contribution in [3.63, 3.8) is 0 Å². The summed E-state index contributed by atoms with van der Waals surface area (Å²) in [5, 5.41) is 0. The van der Waals surface area contributed by atoms with E-state index in [1.807, 2.05) is 0 Å². The first kappa shape index (κ1) is 18.1. The molecule has 2 aromatic carbocycles. The van der Waals surface area contributed by atoms with Crippen LogP contribution in [-0.2, 0) is 10.1 Å². The van der Waals surface area contributed by atoms with Crippen LogP contribution in [0.25, 0.3) is 0 Å². The van der Waals surface area contributed by atoms with Crippen molar-refractivity contribution >= 4 is 32.7 Å². The molecule has 0 atom stereocenters. The Kier molecular flexibility index (Phi) is 6.76. The maximum atomic E-state index is 12.5. The smallest absolute Gasteiger partial charge is 0.282 e. The quantitative estimate of drug-likeness (QED) is 0.574. The van der Waals surface area contributed by atoms with Crippen molar-refractivity contribution < 1.29 is 17.4 Å². The molecule has 21 heavy (non-hydrogen) atoms. The van der Waals surface area contributed by atoms with E-state index in [9.17, 15) is 12.8 Å². The molecule has 0 fully saturated rings. The fourth-order valence-electron chi connectivity index (χ4n) is 1.50. The SMILES string of the molecule is CC(C)c1ccc(I)cc1.O=S(=O)(O)c1ccccc1F. The van der Waals surface area contributed by atoms with E-state index in [2.05, 4.69) is 60.7 Å². The highest BCUT2D eigenvalue weighted by Gasteiger charge is 2.13. The lowest BCUT2D eigenvalue weighted by atomic mass is 10.0. The van der Waals surface area contributed by atoms with Gasteiger partial charge in [0.2, 0.25) is 0 Å². The molecule has 0 radical (unpaired) electrons. The van der Waals surface area contributed by atoms with Crippen molar-refractivity contribution in [1.82, 2.24) is 0 Å². The van der Waals surface area contributed by atoms with Gasteiger partial charge in [-0.3, -0.25) is 4.55 Å². The third kappa shape index (κ3) is 6.11. The number of hydrogen-bond acceptors (Lipinski definition) is 2. The predicted molar refractivity (Wildman–Crippen MR) is 89.5 cm³/mol. The van der Waals surface area contributed by atoms with Gasteiger partial charge in [-0.2, -0.15) is 8.42 Å². The Balaban J connectivity index is 0.000000211. The van der Waals surface area contributed by atoms with E-state index < -0.39 is 20.8 Å². The standard InChI is InChI=1S/C9H11I.C6H5FO3S/c1-7(2)8-3-5-9(10)6-4-8;7-5-3-1-2-4-6(5)11(8,9)10/h3-7H,1-2H3;1-4H,(H,8,9,10). The van der Waals surface area contributed by atoms with Crippen LogP contribution < -0.4 is 0 Å². The second-order valence-electron chi connectivity index (χ2n) is 4.61. The molecule has 3 nitrogen and oxygen atoms in total. The first-order valence-electron chi connectivity index (χ1n) is 6.19. The van der Waals surface area contributed by atoms with Crippen LogP contribution in [0.15, 0.2) is 53.4 Å². The van der Waals surface area contributed by atoms with Gasteiger partial charge in [0.05, 0.1) is 0 Å². The third-order valence-corrected chi connectivity index (χ3v) is 4.26. The molecular formula is C15H16FIO3S. The van der Waals surface area contributed by atoms with E-state index in [1.165, 1.54) is 21.3 Å². The predicted octanol–water partition coefficient (Wildman–Crippen LogP) is 4.49. The Morgan fingerprint density at radius 1 is 1.05 bits per heavy atom. The second-order valence-corrected chi connectivity index (χ2v) is 7.25. The number of benzene rings is 2. The van der Waals surface area contributed by atoms with Gasteiger partial charge in [0.1, 0.15) is 10.7 Å². The van der Waals surface area contributed by atoms with Gasteiger partial charge in [-0.15, -0.1) is 0 Å². The zero-order valence-corrected chi connectivity index (χ0v) is 14.6. The molecular weight excluding hydrogens is 406 g/mol. The molecule has 2 aromatic rings. The van der Waals surface area contributed by atoms with Crippen molar-refractivity contribution in [3.8, 4) is 0 Å². The molecule has 0 aromatic heterocycles. The van der Waals surface area contributed by atoms with E-state index in [1.54, 1.807) is 0 Å². The van der Waals surface area contributed by atoms with Crippen LogP contribution in [0.2, 0.25) is 0 Å². The first-order chi connectivity index (χ1) is 9.71. The molecule has 0 saturated carbocycles. The van der Waals surface area contributed by atoms with E-state index in [0.717, 1.165) is 12.1 Å². The van der Waals surface area contributed by atoms with Gasteiger partial charge in [-0.1, -0.05) is 38.1 Å². The Morgan fingerprint density at radius 3 is 1.95 bits per heavy atom. The molecule has 0 spiro atoms. The molecule has 6 heteroatoms. The van der Waals surface area contributed by atoms with Gasteiger partial charge in [0.15, 0.2) is 0 Å². The van der Waals surface area contributed by atoms with Gasteiger partial charge < -0.3 is 0 Å². The van der Waals surface area contributed by atoms with Gasteiger partial charge in [0.25, 0.3) is 10.1 Å². The summed E-state index contributed by atoms with van der Waals surface area (Å²) >= 11 is 2.32. The molecule has 114 valence electrons. The lowest BCUT2D eigenvalue weighted by Crippen LogP contribution is -2.00. The van der Waals surface area contributed by atoms with Gasteiger partial charge in [-0.25, -0.2) is 4.39 Å². The molecule has 0 heterocycles. The fourth-order valence-corrected chi connectivity index (χ4v) is 2.43. The Morgan fingerprint density at radius 2 is 1.57 bits per heavy atom. The van der Waals surface area contributed by atoms with E-state index in [-0.39, 0.29) is 0 Å². The highest BCUT2D eigenvalue weighted by molar-refractivity contribution is 14.1. The molecule has 0 bridgehead atoms. The minimum Gasteiger partial charge on any atom is -0.282 e. The van der Waals surface area contributed by atoms with Gasteiger partial charge in [-0.05, 0) is 58.3 Å².